The standard InChI is InChI=1S/C10H12N4S/c1-11-6-3-8-7-15-10(14-8)9-12-4-2-5-13-9/h2,4-5,7,11H,3,6H2,1H3. The number of nitrogens with one attached hydrogen (secondary N) is 1. The third-order valence-electron chi connectivity index (χ3n) is 1.94. The monoisotopic (exact) mass is 220 g/mol. The van der Waals surface area contributed by atoms with Crippen molar-refractivity contribution in [2.24, 2.45) is 0 Å². The molecule has 15 heavy (non-hydrogen) atoms. The summed E-state index contributed by atoms with van der Waals surface area (Å²) in [5.41, 5.74) is 1.09. The molecule has 1 N–H and O–H groups in total. The third kappa shape index (κ3) is 2.57. The van der Waals surface area contributed by atoms with Crippen LogP contribution in [0, 0.1) is 0 Å². The molecule has 0 unspecified atom stereocenters. The van der Waals surface area contributed by atoms with Crippen molar-refractivity contribution < 1.29 is 0 Å². The summed E-state index contributed by atoms with van der Waals surface area (Å²) in [6, 6.07) is 1.80. The van der Waals surface area contributed by atoms with Crippen LogP contribution in [0.25, 0.3) is 10.8 Å². The molecule has 0 aliphatic rings. The van der Waals surface area contributed by atoms with E-state index in [4.69, 9.17) is 0 Å². The molecule has 4 nitrogen and oxygen atoms in total. The largest absolute Gasteiger partial charge is 0.319 e. The second-order valence-electron chi connectivity index (χ2n) is 3.07. The molecule has 2 rings (SSSR count). The van der Waals surface area contributed by atoms with Crippen LogP contribution in [0.4, 0.5) is 0 Å². The molecule has 0 saturated carbocycles. The summed E-state index contributed by atoms with van der Waals surface area (Å²) in [7, 11) is 1.94. The van der Waals surface area contributed by atoms with Crippen molar-refractivity contribution in [2.45, 2.75) is 6.42 Å². The zero-order valence-electron chi connectivity index (χ0n) is 8.47. The van der Waals surface area contributed by atoms with Gasteiger partial charge in [-0.2, -0.15) is 0 Å². The molecule has 0 bridgehead atoms. The van der Waals surface area contributed by atoms with E-state index in [-0.39, 0.29) is 0 Å². The second-order valence-corrected chi connectivity index (χ2v) is 3.93. The molecule has 0 saturated heterocycles. The van der Waals surface area contributed by atoms with Crippen molar-refractivity contribution in [2.75, 3.05) is 13.6 Å². The Kier molecular flexibility index (Phi) is 3.37. The van der Waals surface area contributed by atoms with Crippen LogP contribution in [0.5, 0.6) is 0 Å². The Morgan fingerprint density at radius 3 is 2.87 bits per heavy atom. The van der Waals surface area contributed by atoms with Crippen LogP contribution in [0.2, 0.25) is 0 Å². The van der Waals surface area contributed by atoms with E-state index in [2.05, 4.69) is 25.6 Å². The highest BCUT2D eigenvalue weighted by Gasteiger charge is 2.05. The first-order chi connectivity index (χ1) is 7.40. The lowest BCUT2D eigenvalue weighted by molar-refractivity contribution is 0.780. The lowest BCUT2D eigenvalue weighted by Crippen LogP contribution is -2.10. The first-order valence-electron chi connectivity index (χ1n) is 4.76. The zero-order valence-corrected chi connectivity index (χ0v) is 9.29. The third-order valence-corrected chi connectivity index (χ3v) is 2.83. The summed E-state index contributed by atoms with van der Waals surface area (Å²) in [6.07, 6.45) is 4.41. The van der Waals surface area contributed by atoms with Gasteiger partial charge in [0.2, 0.25) is 0 Å². The van der Waals surface area contributed by atoms with Gasteiger partial charge in [0.25, 0.3) is 0 Å². The molecule has 5 heteroatoms. The van der Waals surface area contributed by atoms with Crippen molar-refractivity contribution in [1.29, 1.82) is 0 Å². The summed E-state index contributed by atoms with van der Waals surface area (Å²) in [6.45, 7) is 0.943. The van der Waals surface area contributed by atoms with Crippen molar-refractivity contribution in [3.05, 3.63) is 29.5 Å². The number of hydrogen-bond acceptors (Lipinski definition) is 5. The molecular weight excluding hydrogens is 208 g/mol. The number of aromatic nitrogens is 3. The fraction of sp³-hybridized carbons (Fsp3) is 0.300. The van der Waals surface area contributed by atoms with Crippen LogP contribution in [-0.4, -0.2) is 28.5 Å². The minimum atomic E-state index is 0.707. The Hall–Kier alpha value is -1.33. The van der Waals surface area contributed by atoms with Gasteiger partial charge in [0.1, 0.15) is 0 Å². The molecule has 0 aliphatic carbocycles. The van der Waals surface area contributed by atoms with Crippen molar-refractivity contribution in [1.82, 2.24) is 20.3 Å². The van der Waals surface area contributed by atoms with E-state index in [0.29, 0.717) is 5.82 Å². The van der Waals surface area contributed by atoms with Gasteiger partial charge in [-0.25, -0.2) is 15.0 Å². The number of likely N-dealkylation sites (N-methyl/N-ethyl adjacent to an activating group) is 1. The zero-order chi connectivity index (χ0) is 10.5. The van der Waals surface area contributed by atoms with Gasteiger partial charge in [-0.05, 0) is 13.1 Å². The van der Waals surface area contributed by atoms with E-state index in [1.165, 1.54) is 0 Å². The summed E-state index contributed by atoms with van der Waals surface area (Å²) in [5.74, 6) is 0.707. The van der Waals surface area contributed by atoms with Crippen LogP contribution in [-0.2, 0) is 6.42 Å². The Balaban J connectivity index is 2.14. The lowest BCUT2D eigenvalue weighted by atomic mass is 10.3. The molecule has 0 aliphatic heterocycles. The first-order valence-corrected chi connectivity index (χ1v) is 5.64. The maximum absolute atomic E-state index is 4.47. The van der Waals surface area contributed by atoms with E-state index >= 15 is 0 Å². The van der Waals surface area contributed by atoms with Gasteiger partial charge < -0.3 is 5.32 Å². The number of nitrogens with zero attached hydrogens (tertiary/aromatic N) is 3. The maximum atomic E-state index is 4.47. The van der Waals surface area contributed by atoms with Crippen LogP contribution >= 0.6 is 11.3 Å². The summed E-state index contributed by atoms with van der Waals surface area (Å²) < 4.78 is 0. The minimum absolute atomic E-state index is 0.707. The second kappa shape index (κ2) is 4.95. The Labute approximate surface area is 92.4 Å². The van der Waals surface area contributed by atoms with Gasteiger partial charge in [0.15, 0.2) is 10.8 Å². The smallest absolute Gasteiger partial charge is 0.188 e. The highest BCUT2D eigenvalue weighted by atomic mass is 32.1. The highest BCUT2D eigenvalue weighted by Crippen LogP contribution is 2.19. The van der Waals surface area contributed by atoms with E-state index in [9.17, 15) is 0 Å². The minimum Gasteiger partial charge on any atom is -0.319 e. The normalized spacial score (nSPS) is 10.5. The van der Waals surface area contributed by atoms with Gasteiger partial charge in [-0.1, -0.05) is 0 Å². The summed E-state index contributed by atoms with van der Waals surface area (Å²) in [4.78, 5) is 12.8. The fourth-order valence-electron chi connectivity index (χ4n) is 1.19. The lowest BCUT2D eigenvalue weighted by Gasteiger charge is -1.94. The van der Waals surface area contributed by atoms with Crippen LogP contribution in [0.1, 0.15) is 5.69 Å². The molecule has 0 spiro atoms. The number of rotatable bonds is 4. The Bertz CT molecular complexity index is 412. The topological polar surface area (TPSA) is 50.7 Å². The molecule has 0 amide bonds. The number of thiazole rings is 1. The number of hydrogen-bond donors (Lipinski definition) is 1. The molecule has 0 aromatic carbocycles. The first kappa shape index (κ1) is 10.2. The molecule has 0 fully saturated rings. The van der Waals surface area contributed by atoms with E-state index in [1.54, 1.807) is 29.8 Å². The quantitative estimate of drug-likeness (QED) is 0.845. The predicted octanol–water partition coefficient (Wildman–Crippen LogP) is 1.36. The van der Waals surface area contributed by atoms with Crippen LogP contribution in [0.3, 0.4) is 0 Å². The molecule has 2 aromatic heterocycles. The van der Waals surface area contributed by atoms with Gasteiger partial charge >= 0.3 is 0 Å². The molecule has 2 aromatic rings. The highest BCUT2D eigenvalue weighted by molar-refractivity contribution is 7.13. The van der Waals surface area contributed by atoms with Crippen molar-refractivity contribution in [3.63, 3.8) is 0 Å². The van der Waals surface area contributed by atoms with Crippen molar-refractivity contribution in [3.8, 4) is 10.8 Å². The van der Waals surface area contributed by atoms with Gasteiger partial charge in [0, 0.05) is 30.7 Å². The van der Waals surface area contributed by atoms with Gasteiger partial charge in [-0.15, -0.1) is 11.3 Å². The van der Waals surface area contributed by atoms with Crippen LogP contribution in [0.15, 0.2) is 23.8 Å². The Morgan fingerprint density at radius 2 is 2.13 bits per heavy atom. The molecular formula is C10H12N4S. The maximum Gasteiger partial charge on any atom is 0.188 e. The van der Waals surface area contributed by atoms with Crippen LogP contribution < -0.4 is 5.32 Å². The fourth-order valence-corrected chi connectivity index (χ4v) is 1.99. The summed E-state index contributed by atoms with van der Waals surface area (Å²) >= 11 is 1.59. The molecule has 0 radical (unpaired) electrons. The summed E-state index contributed by atoms with van der Waals surface area (Å²) in [5, 5.41) is 6.05. The Morgan fingerprint density at radius 1 is 1.33 bits per heavy atom. The van der Waals surface area contributed by atoms with Gasteiger partial charge in [0.05, 0.1) is 5.69 Å². The van der Waals surface area contributed by atoms with E-state index in [0.717, 1.165) is 23.7 Å². The molecule has 78 valence electrons. The average molecular weight is 220 g/mol. The molecule has 0 atom stereocenters. The molecule has 2 heterocycles. The average Bonchev–Trinajstić information content (AvgIpc) is 2.76. The predicted molar refractivity (Wildman–Crippen MR) is 60.8 cm³/mol. The SMILES string of the molecule is CNCCc1csc(-c2ncccn2)n1. The van der Waals surface area contributed by atoms with Gasteiger partial charge in [-0.3, -0.25) is 0 Å². The van der Waals surface area contributed by atoms with Crippen molar-refractivity contribution >= 4 is 11.3 Å². The van der Waals surface area contributed by atoms with E-state index in [1.807, 2.05) is 7.05 Å². The van der Waals surface area contributed by atoms with E-state index < -0.39 is 0 Å².